The standard InChI is InChI=1S/C40H38.2CH3.Hf/c1-26(2)28-10-5-12-30(20-28)36-16-7-14-32-22-34(24-38(32)36)40(18-9-19-40)35-23-33-15-8-17-37(39(33)25-35)31-13-6-11-29(21-31)27(3)4;;;/h5-8,10-17,20-27H,9,18-19H2,1-4H3;2*1H3;/q-2;2*-1;+4. The zero-order valence-electron chi connectivity index (χ0n) is 26.7. The summed E-state index contributed by atoms with van der Waals surface area (Å²) in [5.41, 5.74) is 11.2. The maximum atomic E-state index is 2.51. The van der Waals surface area contributed by atoms with E-state index < -0.39 is 0 Å². The molecule has 1 aliphatic rings. The van der Waals surface area contributed by atoms with Gasteiger partial charge in [-0.05, 0) is 52.3 Å². The molecule has 0 aliphatic heterocycles. The van der Waals surface area contributed by atoms with E-state index in [9.17, 15) is 0 Å². The molecule has 0 aromatic heterocycles. The van der Waals surface area contributed by atoms with Crippen LogP contribution in [0.25, 0.3) is 43.8 Å². The van der Waals surface area contributed by atoms with Crippen LogP contribution in [0.15, 0.2) is 109 Å². The summed E-state index contributed by atoms with van der Waals surface area (Å²) in [4.78, 5) is 0. The number of hydrogen-bond donors (Lipinski definition) is 0. The molecule has 6 aromatic carbocycles. The molecule has 7 rings (SSSR count). The van der Waals surface area contributed by atoms with Crippen LogP contribution < -0.4 is 0 Å². The van der Waals surface area contributed by atoms with Crippen molar-refractivity contribution in [3.05, 3.63) is 146 Å². The molecule has 43 heavy (non-hydrogen) atoms. The van der Waals surface area contributed by atoms with Crippen molar-refractivity contribution in [2.24, 2.45) is 0 Å². The third-order valence-corrected chi connectivity index (χ3v) is 9.54. The Hall–Kier alpha value is -3.03. The molecule has 0 amide bonds. The van der Waals surface area contributed by atoms with Gasteiger partial charge in [-0.2, -0.15) is 12.1 Å². The average molecular weight is 727 g/mol. The van der Waals surface area contributed by atoms with Crippen molar-refractivity contribution in [2.45, 2.75) is 64.2 Å². The molecule has 6 aromatic rings. The van der Waals surface area contributed by atoms with Crippen LogP contribution in [0.3, 0.4) is 0 Å². The van der Waals surface area contributed by atoms with Gasteiger partial charge in [0.05, 0.1) is 0 Å². The van der Waals surface area contributed by atoms with Crippen molar-refractivity contribution in [1.82, 2.24) is 0 Å². The Labute approximate surface area is 278 Å². The molecule has 0 bridgehead atoms. The van der Waals surface area contributed by atoms with E-state index in [1.165, 1.54) is 85.3 Å². The van der Waals surface area contributed by atoms with Gasteiger partial charge in [-0.1, -0.05) is 106 Å². The van der Waals surface area contributed by atoms with Crippen LogP contribution >= 0.6 is 0 Å². The normalized spacial score (nSPS) is 13.8. The van der Waals surface area contributed by atoms with Gasteiger partial charge in [0.1, 0.15) is 0 Å². The summed E-state index contributed by atoms with van der Waals surface area (Å²) in [6, 6.07) is 41.9. The number of hydrogen-bond acceptors (Lipinski definition) is 0. The molecule has 0 spiro atoms. The largest absolute Gasteiger partial charge is 4.00 e. The van der Waals surface area contributed by atoms with E-state index in [-0.39, 0.29) is 46.1 Å². The minimum Gasteiger partial charge on any atom is -0.358 e. The Morgan fingerprint density at radius 1 is 0.558 bits per heavy atom. The average Bonchev–Trinajstić information content (AvgIpc) is 3.57. The molecule has 0 nitrogen and oxygen atoms in total. The van der Waals surface area contributed by atoms with E-state index >= 15 is 0 Å². The van der Waals surface area contributed by atoms with E-state index in [4.69, 9.17) is 0 Å². The molecular formula is C42H44Hf. The summed E-state index contributed by atoms with van der Waals surface area (Å²) >= 11 is 0. The first kappa shape index (κ1) is 32.9. The van der Waals surface area contributed by atoms with Crippen molar-refractivity contribution in [3.8, 4) is 22.3 Å². The van der Waals surface area contributed by atoms with Crippen molar-refractivity contribution in [3.63, 3.8) is 0 Å². The predicted octanol–water partition coefficient (Wildman–Crippen LogP) is 12.4. The van der Waals surface area contributed by atoms with Gasteiger partial charge < -0.3 is 14.9 Å². The summed E-state index contributed by atoms with van der Waals surface area (Å²) in [7, 11) is 0. The first-order valence-electron chi connectivity index (χ1n) is 15.0. The Morgan fingerprint density at radius 3 is 1.35 bits per heavy atom. The molecule has 0 atom stereocenters. The maximum absolute atomic E-state index is 2.51. The van der Waals surface area contributed by atoms with Crippen LogP contribution in [-0.2, 0) is 31.3 Å². The summed E-state index contributed by atoms with van der Waals surface area (Å²) in [6.45, 7) is 9.10. The molecule has 1 saturated carbocycles. The summed E-state index contributed by atoms with van der Waals surface area (Å²) in [5.74, 6) is 1.05. The Morgan fingerprint density at radius 2 is 0.977 bits per heavy atom. The molecular weight excluding hydrogens is 683 g/mol. The van der Waals surface area contributed by atoms with Gasteiger partial charge in [0.25, 0.3) is 0 Å². The van der Waals surface area contributed by atoms with Crippen LogP contribution in [0.2, 0.25) is 0 Å². The minimum absolute atomic E-state index is 0. The van der Waals surface area contributed by atoms with Crippen molar-refractivity contribution in [2.75, 3.05) is 0 Å². The molecule has 1 fully saturated rings. The quantitative estimate of drug-likeness (QED) is 0.118. The molecule has 1 heteroatoms. The van der Waals surface area contributed by atoms with Gasteiger partial charge in [0.2, 0.25) is 0 Å². The van der Waals surface area contributed by atoms with Crippen molar-refractivity contribution in [1.29, 1.82) is 0 Å². The van der Waals surface area contributed by atoms with Crippen molar-refractivity contribution >= 4 is 21.5 Å². The number of benzene rings is 4. The van der Waals surface area contributed by atoms with Gasteiger partial charge >= 0.3 is 25.8 Å². The van der Waals surface area contributed by atoms with Gasteiger partial charge in [-0.15, -0.1) is 69.1 Å². The second-order valence-corrected chi connectivity index (χ2v) is 12.6. The molecule has 0 unspecified atom stereocenters. The maximum Gasteiger partial charge on any atom is 4.00 e. The van der Waals surface area contributed by atoms with Crippen LogP contribution in [0.4, 0.5) is 0 Å². The molecule has 216 valence electrons. The SMILES string of the molecule is CC(C)c1cccc(-c2cccc3[cH-]c(C4(c5cc6c(-c7cccc(C(C)C)c7)cccc6[cH-]5)CCC4)cc23)c1.[CH3-].[CH3-].[Hf+4]. The zero-order chi connectivity index (χ0) is 27.4. The third kappa shape index (κ3) is 5.66. The fourth-order valence-electron chi connectivity index (χ4n) is 6.93. The summed E-state index contributed by atoms with van der Waals surface area (Å²) < 4.78 is 0. The van der Waals surface area contributed by atoms with E-state index in [0.717, 1.165) is 0 Å². The number of rotatable bonds is 6. The zero-order valence-corrected chi connectivity index (χ0v) is 30.3. The molecule has 0 heterocycles. The van der Waals surface area contributed by atoms with E-state index in [2.05, 4.69) is 137 Å². The van der Waals surface area contributed by atoms with E-state index in [1.54, 1.807) is 0 Å². The molecule has 0 radical (unpaired) electrons. The Bertz CT molecular complexity index is 1700. The number of fused-ring (bicyclic) bond motifs is 2. The minimum atomic E-state index is 0. The Kier molecular flexibility index (Phi) is 9.87. The Balaban J connectivity index is 0.00000141. The van der Waals surface area contributed by atoms with Crippen LogP contribution in [-0.4, -0.2) is 0 Å². The van der Waals surface area contributed by atoms with Crippen molar-refractivity contribution < 1.29 is 25.8 Å². The van der Waals surface area contributed by atoms with Crippen LogP contribution in [0, 0.1) is 14.9 Å². The first-order chi connectivity index (χ1) is 19.4. The smallest absolute Gasteiger partial charge is 0.358 e. The first-order valence-corrected chi connectivity index (χ1v) is 15.0. The van der Waals surface area contributed by atoms with Gasteiger partial charge in [0, 0.05) is 0 Å². The molecule has 0 N–H and O–H groups in total. The van der Waals surface area contributed by atoms with Crippen LogP contribution in [0.5, 0.6) is 0 Å². The predicted molar refractivity (Wildman–Crippen MR) is 186 cm³/mol. The molecule has 0 saturated heterocycles. The van der Waals surface area contributed by atoms with E-state index in [1.807, 2.05) is 0 Å². The van der Waals surface area contributed by atoms with Gasteiger partial charge in [0.15, 0.2) is 0 Å². The second-order valence-electron chi connectivity index (χ2n) is 12.6. The summed E-state index contributed by atoms with van der Waals surface area (Å²) in [5, 5.41) is 5.48. The van der Waals surface area contributed by atoms with Gasteiger partial charge in [-0.3, -0.25) is 0 Å². The topological polar surface area (TPSA) is 0 Å². The fraction of sp³-hybridized carbons (Fsp3) is 0.238. The van der Waals surface area contributed by atoms with Gasteiger partial charge in [-0.25, -0.2) is 0 Å². The summed E-state index contributed by atoms with van der Waals surface area (Å²) in [6.07, 6.45) is 3.72. The van der Waals surface area contributed by atoms with E-state index in [0.29, 0.717) is 11.8 Å². The monoisotopic (exact) mass is 728 g/mol. The second kappa shape index (κ2) is 12.9. The fourth-order valence-corrected chi connectivity index (χ4v) is 6.93. The van der Waals surface area contributed by atoms with Crippen LogP contribution in [0.1, 0.15) is 81.0 Å². The molecule has 1 aliphatic carbocycles. The third-order valence-electron chi connectivity index (χ3n) is 9.54.